The van der Waals surface area contributed by atoms with E-state index in [0.29, 0.717) is 32.6 Å². The van der Waals surface area contributed by atoms with Crippen molar-refractivity contribution in [3.05, 3.63) is 0 Å². The third-order valence-corrected chi connectivity index (χ3v) is 4.21. The van der Waals surface area contributed by atoms with Crippen LogP contribution in [-0.2, 0) is 9.59 Å². The summed E-state index contributed by atoms with van der Waals surface area (Å²) in [6.07, 6.45) is 1.44. The maximum atomic E-state index is 12.3. The molecule has 1 unspecified atom stereocenters. The first-order valence-electron chi connectivity index (χ1n) is 7.78. The summed E-state index contributed by atoms with van der Waals surface area (Å²) in [6, 6.07) is 0.225. The average Bonchev–Trinajstić information content (AvgIpc) is 2.76. The van der Waals surface area contributed by atoms with Crippen molar-refractivity contribution in [3.63, 3.8) is 0 Å². The lowest BCUT2D eigenvalue weighted by Crippen LogP contribution is -2.57. The number of hydrogen-bond donors (Lipinski definition) is 1. The molecule has 0 radical (unpaired) electrons. The lowest BCUT2D eigenvalue weighted by Gasteiger charge is -2.42. The number of amides is 2. The molecule has 1 N–H and O–H groups in total. The van der Waals surface area contributed by atoms with E-state index in [-0.39, 0.29) is 24.4 Å². The van der Waals surface area contributed by atoms with Crippen LogP contribution in [0.1, 0.15) is 33.6 Å². The van der Waals surface area contributed by atoms with Gasteiger partial charge in [0.25, 0.3) is 0 Å². The third-order valence-electron chi connectivity index (χ3n) is 4.21. The monoisotopic (exact) mass is 297 g/mol. The Morgan fingerprint density at radius 3 is 2.57 bits per heavy atom. The summed E-state index contributed by atoms with van der Waals surface area (Å²) >= 11 is 0. The Bertz CT molecular complexity index is 405. The zero-order chi connectivity index (χ0) is 15.6. The van der Waals surface area contributed by atoms with Gasteiger partial charge in [0, 0.05) is 45.2 Å². The van der Waals surface area contributed by atoms with Gasteiger partial charge in [0.2, 0.25) is 11.8 Å². The molecule has 0 aromatic carbocycles. The molecule has 0 spiro atoms. The van der Waals surface area contributed by atoms with Crippen LogP contribution in [0.15, 0.2) is 0 Å². The topological polar surface area (TPSA) is 64.1 Å². The molecule has 0 bridgehead atoms. The van der Waals surface area contributed by atoms with Gasteiger partial charge < -0.3 is 14.9 Å². The Morgan fingerprint density at radius 1 is 1.33 bits per heavy atom. The van der Waals surface area contributed by atoms with Gasteiger partial charge in [-0.3, -0.25) is 14.5 Å². The Balaban J connectivity index is 1.84. The molecule has 2 rings (SSSR count). The Labute approximate surface area is 126 Å². The largest absolute Gasteiger partial charge is 0.389 e. The van der Waals surface area contributed by atoms with E-state index in [0.717, 1.165) is 13.0 Å². The predicted octanol–water partition coefficient (Wildman–Crippen LogP) is -0.0876. The number of hydrogen-bond acceptors (Lipinski definition) is 4. The Kier molecular flexibility index (Phi) is 4.88. The molecule has 0 aliphatic carbocycles. The minimum atomic E-state index is -0.720. The van der Waals surface area contributed by atoms with Gasteiger partial charge in [-0.15, -0.1) is 0 Å². The minimum absolute atomic E-state index is 0.0417. The standard InChI is InChI=1S/C15H27N3O3/c1-12-9-17(7-8-18(12)11-15(2,3)21)14(20)10-16-6-4-5-13(16)19/h12,21H,4-11H2,1-3H3. The molecule has 2 amide bonds. The first-order chi connectivity index (χ1) is 9.76. The fourth-order valence-corrected chi connectivity index (χ4v) is 3.09. The molecule has 2 saturated heterocycles. The van der Waals surface area contributed by atoms with E-state index in [9.17, 15) is 14.7 Å². The van der Waals surface area contributed by atoms with Crippen molar-refractivity contribution in [1.82, 2.24) is 14.7 Å². The smallest absolute Gasteiger partial charge is 0.242 e. The van der Waals surface area contributed by atoms with Crippen molar-refractivity contribution in [2.45, 2.75) is 45.3 Å². The van der Waals surface area contributed by atoms with Crippen LogP contribution < -0.4 is 0 Å². The zero-order valence-electron chi connectivity index (χ0n) is 13.3. The highest BCUT2D eigenvalue weighted by Gasteiger charge is 2.31. The summed E-state index contributed by atoms with van der Waals surface area (Å²) in [7, 11) is 0. The average molecular weight is 297 g/mol. The molecule has 1 atom stereocenters. The van der Waals surface area contributed by atoms with Gasteiger partial charge in [0.05, 0.1) is 12.1 Å². The highest BCUT2D eigenvalue weighted by Crippen LogP contribution is 2.15. The van der Waals surface area contributed by atoms with Crippen molar-refractivity contribution < 1.29 is 14.7 Å². The second-order valence-electron chi connectivity index (χ2n) is 6.89. The normalized spacial score (nSPS) is 24.8. The van der Waals surface area contributed by atoms with Gasteiger partial charge in [0.1, 0.15) is 0 Å². The number of nitrogens with zero attached hydrogens (tertiary/aromatic N) is 3. The van der Waals surface area contributed by atoms with E-state index in [1.165, 1.54) is 0 Å². The molecule has 2 fully saturated rings. The number of aliphatic hydroxyl groups is 1. The Morgan fingerprint density at radius 2 is 2.05 bits per heavy atom. The SMILES string of the molecule is CC1CN(C(=O)CN2CCCC2=O)CCN1CC(C)(C)O. The van der Waals surface area contributed by atoms with E-state index in [1.807, 2.05) is 4.90 Å². The molecule has 21 heavy (non-hydrogen) atoms. The number of β-amino-alcohol motifs (C(OH)–C–C–N with tert-alkyl or cyclic N) is 1. The van der Waals surface area contributed by atoms with Gasteiger partial charge in [-0.2, -0.15) is 0 Å². The second-order valence-corrected chi connectivity index (χ2v) is 6.89. The van der Waals surface area contributed by atoms with Crippen molar-refractivity contribution >= 4 is 11.8 Å². The molecule has 2 aliphatic rings. The summed E-state index contributed by atoms with van der Waals surface area (Å²) < 4.78 is 0. The quantitative estimate of drug-likeness (QED) is 0.788. The fraction of sp³-hybridized carbons (Fsp3) is 0.867. The highest BCUT2D eigenvalue weighted by molar-refractivity contribution is 5.85. The second kappa shape index (κ2) is 6.32. The van der Waals surface area contributed by atoms with Crippen molar-refractivity contribution in [1.29, 1.82) is 0 Å². The molecular weight excluding hydrogens is 270 g/mol. The highest BCUT2D eigenvalue weighted by atomic mass is 16.3. The first-order valence-corrected chi connectivity index (χ1v) is 7.78. The van der Waals surface area contributed by atoms with E-state index in [2.05, 4.69) is 11.8 Å². The van der Waals surface area contributed by atoms with Gasteiger partial charge in [-0.05, 0) is 27.2 Å². The van der Waals surface area contributed by atoms with Crippen LogP contribution >= 0.6 is 0 Å². The summed E-state index contributed by atoms with van der Waals surface area (Å²) in [5.74, 6) is 0.136. The molecule has 6 heteroatoms. The molecule has 0 aromatic rings. The van der Waals surface area contributed by atoms with E-state index < -0.39 is 5.60 Å². The zero-order valence-corrected chi connectivity index (χ0v) is 13.3. The number of piperazine rings is 1. The lowest BCUT2D eigenvalue weighted by molar-refractivity contribution is -0.140. The fourth-order valence-electron chi connectivity index (χ4n) is 3.09. The summed E-state index contributed by atoms with van der Waals surface area (Å²) in [5, 5.41) is 9.92. The lowest BCUT2D eigenvalue weighted by atomic mass is 10.1. The van der Waals surface area contributed by atoms with Crippen molar-refractivity contribution in [3.8, 4) is 0 Å². The molecule has 120 valence electrons. The van der Waals surface area contributed by atoms with E-state index in [4.69, 9.17) is 0 Å². The maximum Gasteiger partial charge on any atom is 0.242 e. The molecule has 2 aliphatic heterocycles. The molecule has 0 saturated carbocycles. The first kappa shape index (κ1) is 16.2. The van der Waals surface area contributed by atoms with Crippen LogP contribution in [0, 0.1) is 0 Å². The maximum absolute atomic E-state index is 12.3. The summed E-state index contributed by atoms with van der Waals surface area (Å²) in [6.45, 7) is 9.32. The minimum Gasteiger partial charge on any atom is -0.389 e. The van der Waals surface area contributed by atoms with E-state index >= 15 is 0 Å². The number of rotatable bonds is 4. The number of likely N-dealkylation sites (tertiary alicyclic amines) is 1. The van der Waals surface area contributed by atoms with Crippen molar-refractivity contribution in [2.75, 3.05) is 39.3 Å². The van der Waals surface area contributed by atoms with E-state index in [1.54, 1.807) is 18.7 Å². The van der Waals surface area contributed by atoms with Crippen LogP contribution in [0.25, 0.3) is 0 Å². The van der Waals surface area contributed by atoms with Crippen LogP contribution in [0.4, 0.5) is 0 Å². The van der Waals surface area contributed by atoms with Gasteiger partial charge >= 0.3 is 0 Å². The van der Waals surface area contributed by atoms with Crippen LogP contribution in [0.2, 0.25) is 0 Å². The number of carbonyl (C=O) groups excluding carboxylic acids is 2. The van der Waals surface area contributed by atoms with Gasteiger partial charge in [-0.25, -0.2) is 0 Å². The molecular formula is C15H27N3O3. The summed E-state index contributed by atoms with van der Waals surface area (Å²) in [4.78, 5) is 29.6. The third kappa shape index (κ3) is 4.41. The predicted molar refractivity (Wildman–Crippen MR) is 79.7 cm³/mol. The molecule has 6 nitrogen and oxygen atoms in total. The van der Waals surface area contributed by atoms with Crippen LogP contribution in [0.3, 0.4) is 0 Å². The van der Waals surface area contributed by atoms with Gasteiger partial charge in [-0.1, -0.05) is 0 Å². The summed E-state index contributed by atoms with van der Waals surface area (Å²) in [5.41, 5.74) is -0.720. The van der Waals surface area contributed by atoms with Crippen LogP contribution in [0.5, 0.6) is 0 Å². The molecule has 0 aromatic heterocycles. The Hall–Kier alpha value is -1.14. The molecule has 2 heterocycles. The van der Waals surface area contributed by atoms with Crippen molar-refractivity contribution in [2.24, 2.45) is 0 Å². The van der Waals surface area contributed by atoms with Crippen LogP contribution in [-0.4, -0.2) is 82.5 Å². The van der Waals surface area contributed by atoms with Gasteiger partial charge in [0.15, 0.2) is 0 Å². The number of carbonyl (C=O) groups is 2.